The molecule has 2 unspecified atom stereocenters. The minimum atomic E-state index is 0.151. The van der Waals surface area contributed by atoms with Crippen molar-refractivity contribution in [2.24, 2.45) is 11.8 Å². The summed E-state index contributed by atoms with van der Waals surface area (Å²) in [6, 6.07) is 11.9. The average Bonchev–Trinajstić information content (AvgIpc) is 3.30. The molecule has 3 nitrogen and oxygen atoms in total. The molecule has 108 valence electrons. The highest BCUT2D eigenvalue weighted by atomic mass is 16.2. The number of pyridine rings is 1. The number of nitrogens with one attached hydrogen (secondary N) is 1. The predicted octanol–water partition coefficient (Wildman–Crippen LogP) is 4.04. The van der Waals surface area contributed by atoms with Gasteiger partial charge >= 0.3 is 0 Å². The summed E-state index contributed by atoms with van der Waals surface area (Å²) in [5.74, 6) is 0.929. The first-order valence-electron chi connectivity index (χ1n) is 7.52. The van der Waals surface area contributed by atoms with Crippen LogP contribution in [0.25, 0.3) is 11.3 Å². The second-order valence-corrected chi connectivity index (χ2v) is 5.74. The third kappa shape index (κ3) is 2.97. The van der Waals surface area contributed by atoms with Gasteiger partial charge in [0.15, 0.2) is 0 Å². The fourth-order valence-electron chi connectivity index (χ4n) is 2.75. The molecule has 0 radical (unpaired) electrons. The van der Waals surface area contributed by atoms with Crippen molar-refractivity contribution in [2.45, 2.75) is 26.7 Å². The fraction of sp³-hybridized carbons (Fsp3) is 0.333. The molecule has 0 saturated heterocycles. The zero-order chi connectivity index (χ0) is 14.8. The number of hydrogen-bond donors (Lipinski definition) is 1. The number of hydrogen-bond acceptors (Lipinski definition) is 2. The van der Waals surface area contributed by atoms with Gasteiger partial charge < -0.3 is 5.32 Å². The molecular formula is C18H20N2O. The molecule has 2 atom stereocenters. The van der Waals surface area contributed by atoms with Crippen LogP contribution >= 0.6 is 0 Å². The first-order chi connectivity index (χ1) is 10.2. The van der Waals surface area contributed by atoms with Crippen LogP contribution in [0, 0.1) is 18.8 Å². The lowest BCUT2D eigenvalue weighted by atomic mass is 10.0. The number of aryl methyl sites for hydroxylation is 1. The van der Waals surface area contributed by atoms with E-state index in [0.717, 1.165) is 35.3 Å². The highest BCUT2D eigenvalue weighted by Gasteiger charge is 2.41. The molecular weight excluding hydrogens is 260 g/mol. The van der Waals surface area contributed by atoms with Crippen LogP contribution in [-0.4, -0.2) is 10.9 Å². The summed E-state index contributed by atoms with van der Waals surface area (Å²) < 4.78 is 0. The molecule has 1 aromatic carbocycles. The van der Waals surface area contributed by atoms with E-state index >= 15 is 0 Å². The molecule has 1 aliphatic rings. The first kappa shape index (κ1) is 13.8. The molecule has 1 aromatic heterocycles. The van der Waals surface area contributed by atoms with E-state index in [9.17, 15) is 4.79 Å². The molecule has 1 saturated carbocycles. The predicted molar refractivity (Wildman–Crippen MR) is 84.9 cm³/mol. The number of carbonyl (C=O) groups is 1. The Labute approximate surface area is 125 Å². The van der Waals surface area contributed by atoms with Crippen LogP contribution in [0.1, 0.15) is 25.3 Å². The van der Waals surface area contributed by atoms with Crippen LogP contribution in [0.15, 0.2) is 42.6 Å². The molecule has 3 rings (SSSR count). The van der Waals surface area contributed by atoms with Crippen molar-refractivity contribution < 1.29 is 4.79 Å². The Kier molecular flexibility index (Phi) is 3.74. The van der Waals surface area contributed by atoms with Crippen LogP contribution in [0.2, 0.25) is 0 Å². The Morgan fingerprint density at radius 3 is 2.86 bits per heavy atom. The van der Waals surface area contributed by atoms with Crippen molar-refractivity contribution in [3.8, 4) is 11.3 Å². The molecule has 1 N–H and O–H groups in total. The normalized spacial score (nSPS) is 20.1. The quantitative estimate of drug-likeness (QED) is 0.918. The third-order valence-electron chi connectivity index (χ3n) is 4.23. The van der Waals surface area contributed by atoms with Gasteiger partial charge in [-0.2, -0.15) is 0 Å². The van der Waals surface area contributed by atoms with Gasteiger partial charge in [0.2, 0.25) is 5.91 Å². The van der Waals surface area contributed by atoms with Crippen molar-refractivity contribution in [1.29, 1.82) is 0 Å². The highest BCUT2D eigenvalue weighted by molar-refractivity contribution is 5.95. The van der Waals surface area contributed by atoms with Crippen molar-refractivity contribution in [1.82, 2.24) is 4.98 Å². The summed E-state index contributed by atoms with van der Waals surface area (Å²) >= 11 is 0. The smallest absolute Gasteiger partial charge is 0.227 e. The second kappa shape index (κ2) is 5.68. The third-order valence-corrected chi connectivity index (χ3v) is 4.23. The lowest BCUT2D eigenvalue weighted by Crippen LogP contribution is -2.14. The summed E-state index contributed by atoms with van der Waals surface area (Å²) in [6.07, 6.45) is 3.91. The Hall–Kier alpha value is -2.16. The van der Waals surface area contributed by atoms with Gasteiger partial charge in [-0.15, -0.1) is 0 Å². The summed E-state index contributed by atoms with van der Waals surface area (Å²) in [5, 5.41) is 3.04. The van der Waals surface area contributed by atoms with Gasteiger partial charge in [0.05, 0.1) is 5.69 Å². The van der Waals surface area contributed by atoms with Crippen molar-refractivity contribution in [3.63, 3.8) is 0 Å². The number of rotatable bonds is 4. The second-order valence-electron chi connectivity index (χ2n) is 5.74. The monoisotopic (exact) mass is 280 g/mol. The van der Waals surface area contributed by atoms with Gasteiger partial charge in [-0.1, -0.05) is 25.5 Å². The minimum absolute atomic E-state index is 0.151. The van der Waals surface area contributed by atoms with E-state index in [4.69, 9.17) is 0 Å². The van der Waals surface area contributed by atoms with Crippen LogP contribution in [0.5, 0.6) is 0 Å². The van der Waals surface area contributed by atoms with E-state index in [0.29, 0.717) is 5.92 Å². The van der Waals surface area contributed by atoms with Gasteiger partial charge in [-0.25, -0.2) is 0 Å². The molecule has 2 aromatic rings. The maximum Gasteiger partial charge on any atom is 0.227 e. The average molecular weight is 280 g/mol. The summed E-state index contributed by atoms with van der Waals surface area (Å²) in [4.78, 5) is 16.5. The summed E-state index contributed by atoms with van der Waals surface area (Å²) in [5.41, 5.74) is 4.01. The number of carbonyl (C=O) groups excluding carboxylic acids is 1. The molecule has 1 aliphatic carbocycles. The highest BCUT2D eigenvalue weighted by Crippen LogP contribution is 2.41. The van der Waals surface area contributed by atoms with Crippen molar-refractivity contribution in [2.75, 3.05) is 5.32 Å². The molecule has 1 amide bonds. The number of benzene rings is 1. The van der Waals surface area contributed by atoms with Crippen LogP contribution in [0.3, 0.4) is 0 Å². The molecule has 0 bridgehead atoms. The minimum Gasteiger partial charge on any atom is -0.326 e. The lowest BCUT2D eigenvalue weighted by molar-refractivity contribution is -0.117. The first-order valence-corrected chi connectivity index (χ1v) is 7.52. The van der Waals surface area contributed by atoms with E-state index < -0.39 is 0 Å². The SMILES string of the molecule is CCC1CC1C(=O)Nc1ccc(C)c(-c2ccccn2)c1. The van der Waals surface area contributed by atoms with Crippen LogP contribution in [0.4, 0.5) is 5.69 Å². The Morgan fingerprint density at radius 1 is 1.33 bits per heavy atom. The molecule has 0 spiro atoms. The maximum absolute atomic E-state index is 12.2. The van der Waals surface area contributed by atoms with E-state index in [1.54, 1.807) is 6.20 Å². The zero-order valence-corrected chi connectivity index (χ0v) is 12.5. The Morgan fingerprint density at radius 2 is 2.19 bits per heavy atom. The molecule has 0 aliphatic heterocycles. The number of nitrogens with zero attached hydrogens (tertiary/aromatic N) is 1. The fourth-order valence-corrected chi connectivity index (χ4v) is 2.75. The van der Waals surface area contributed by atoms with Crippen LogP contribution in [-0.2, 0) is 4.79 Å². The zero-order valence-electron chi connectivity index (χ0n) is 12.5. The Balaban J connectivity index is 1.80. The molecule has 21 heavy (non-hydrogen) atoms. The number of amides is 1. The van der Waals surface area contributed by atoms with E-state index in [2.05, 4.69) is 24.1 Å². The van der Waals surface area contributed by atoms with Gasteiger partial charge in [0.1, 0.15) is 0 Å². The van der Waals surface area contributed by atoms with Crippen molar-refractivity contribution >= 4 is 11.6 Å². The van der Waals surface area contributed by atoms with Gasteiger partial charge in [-0.3, -0.25) is 9.78 Å². The largest absolute Gasteiger partial charge is 0.326 e. The van der Waals surface area contributed by atoms with Crippen LogP contribution < -0.4 is 5.32 Å². The van der Waals surface area contributed by atoms with E-state index in [1.807, 2.05) is 36.4 Å². The molecule has 3 heteroatoms. The summed E-state index contributed by atoms with van der Waals surface area (Å²) in [7, 11) is 0. The van der Waals surface area contributed by atoms with Crippen molar-refractivity contribution in [3.05, 3.63) is 48.2 Å². The number of anilines is 1. The van der Waals surface area contributed by atoms with Gasteiger partial charge in [0, 0.05) is 23.4 Å². The standard InChI is InChI=1S/C18H20N2O/c1-3-13-10-16(13)18(21)20-14-8-7-12(2)15(11-14)17-6-4-5-9-19-17/h4-9,11,13,16H,3,10H2,1-2H3,(H,20,21). The van der Waals surface area contributed by atoms with Gasteiger partial charge in [-0.05, 0) is 49.1 Å². The van der Waals surface area contributed by atoms with E-state index in [-0.39, 0.29) is 11.8 Å². The van der Waals surface area contributed by atoms with Gasteiger partial charge in [0.25, 0.3) is 0 Å². The topological polar surface area (TPSA) is 42.0 Å². The molecule has 1 fully saturated rings. The maximum atomic E-state index is 12.2. The molecule has 1 heterocycles. The Bertz CT molecular complexity index is 652. The number of aromatic nitrogens is 1. The van der Waals surface area contributed by atoms with E-state index in [1.165, 1.54) is 0 Å². The lowest BCUT2D eigenvalue weighted by Gasteiger charge is -2.10. The summed E-state index contributed by atoms with van der Waals surface area (Å²) in [6.45, 7) is 4.20.